The highest BCUT2D eigenvalue weighted by molar-refractivity contribution is 5.98. The van der Waals surface area contributed by atoms with E-state index in [0.29, 0.717) is 12.4 Å². The van der Waals surface area contributed by atoms with E-state index in [0.717, 1.165) is 38.6 Å². The van der Waals surface area contributed by atoms with Gasteiger partial charge in [-0.05, 0) is 48.9 Å². The molecule has 0 saturated carbocycles. The van der Waals surface area contributed by atoms with Crippen molar-refractivity contribution < 1.29 is 4.39 Å². The van der Waals surface area contributed by atoms with Crippen LogP contribution >= 0.6 is 0 Å². The number of amidine groups is 1. The molecule has 2 aromatic carbocycles. The molecular formula is C19H17FN4. The fraction of sp³-hybridized carbons (Fsp3) is 0.105. The van der Waals surface area contributed by atoms with Crippen LogP contribution in [0.1, 0.15) is 12.6 Å². The molecule has 4 aromatic rings. The molecule has 4 rings (SSSR count). The summed E-state index contributed by atoms with van der Waals surface area (Å²) in [6.45, 7) is 2.32. The maximum Gasteiger partial charge on any atom is 0.125 e. The predicted octanol–water partition coefficient (Wildman–Crippen LogP) is 4.33. The number of aromatic amines is 2. The lowest BCUT2D eigenvalue weighted by molar-refractivity contribution is 0.629. The molecule has 0 aliphatic carbocycles. The van der Waals surface area contributed by atoms with Crippen molar-refractivity contribution in [2.24, 2.45) is 10.7 Å². The van der Waals surface area contributed by atoms with E-state index in [1.807, 2.05) is 12.3 Å². The summed E-state index contributed by atoms with van der Waals surface area (Å²) in [6, 6.07) is 13.1. The summed E-state index contributed by atoms with van der Waals surface area (Å²) >= 11 is 0. The van der Waals surface area contributed by atoms with E-state index in [4.69, 9.17) is 5.73 Å². The SMILES string of the molecule is CC(N)=NCc1cc2cc(-c3c[nH]c4cc(F)ccc34)ccc2[nH]1. The van der Waals surface area contributed by atoms with Gasteiger partial charge in [-0.2, -0.15) is 0 Å². The van der Waals surface area contributed by atoms with Gasteiger partial charge in [0.2, 0.25) is 0 Å². The van der Waals surface area contributed by atoms with Gasteiger partial charge in [0.1, 0.15) is 5.82 Å². The van der Waals surface area contributed by atoms with Gasteiger partial charge in [0, 0.05) is 39.3 Å². The number of H-pyrrole nitrogens is 2. The Hall–Kier alpha value is -3.08. The molecule has 0 unspecified atom stereocenters. The molecule has 24 heavy (non-hydrogen) atoms. The first-order valence-electron chi connectivity index (χ1n) is 7.75. The van der Waals surface area contributed by atoms with E-state index < -0.39 is 0 Å². The lowest BCUT2D eigenvalue weighted by Gasteiger charge is -2.00. The van der Waals surface area contributed by atoms with Gasteiger partial charge in [-0.25, -0.2) is 4.39 Å². The fourth-order valence-electron chi connectivity index (χ4n) is 2.99. The molecule has 4 N–H and O–H groups in total. The zero-order valence-corrected chi connectivity index (χ0v) is 13.2. The number of hydrogen-bond donors (Lipinski definition) is 3. The molecule has 0 fully saturated rings. The molecule has 0 aliphatic rings. The minimum absolute atomic E-state index is 0.239. The van der Waals surface area contributed by atoms with Crippen molar-refractivity contribution in [3.8, 4) is 11.1 Å². The number of rotatable bonds is 3. The third-order valence-corrected chi connectivity index (χ3v) is 4.13. The summed E-state index contributed by atoms with van der Waals surface area (Å²) < 4.78 is 13.3. The highest BCUT2D eigenvalue weighted by Gasteiger charge is 2.09. The summed E-state index contributed by atoms with van der Waals surface area (Å²) in [7, 11) is 0. The van der Waals surface area contributed by atoms with Crippen molar-refractivity contribution in [1.82, 2.24) is 9.97 Å². The van der Waals surface area contributed by atoms with Crippen LogP contribution in [0, 0.1) is 5.82 Å². The Morgan fingerprint density at radius 3 is 2.83 bits per heavy atom. The summed E-state index contributed by atoms with van der Waals surface area (Å²) in [6.07, 6.45) is 1.92. The zero-order valence-electron chi connectivity index (χ0n) is 13.2. The Kier molecular flexibility index (Phi) is 3.34. The second-order valence-electron chi connectivity index (χ2n) is 5.95. The molecule has 0 bridgehead atoms. The highest BCUT2D eigenvalue weighted by Crippen LogP contribution is 2.31. The highest BCUT2D eigenvalue weighted by atomic mass is 19.1. The number of aromatic nitrogens is 2. The van der Waals surface area contributed by atoms with Gasteiger partial charge in [0.15, 0.2) is 0 Å². The Bertz CT molecular complexity index is 1070. The minimum Gasteiger partial charge on any atom is -0.388 e. The minimum atomic E-state index is -0.239. The standard InChI is InChI=1S/C19H17FN4/c1-11(21)22-9-15-7-13-6-12(2-5-18(13)24-15)17-10-23-19-8-14(20)3-4-16(17)19/h2-8,10,23-24H,9H2,1H3,(H2,21,22). The Balaban J connectivity index is 1.77. The van der Waals surface area contributed by atoms with Gasteiger partial charge < -0.3 is 15.7 Å². The number of aliphatic imine (C=N–C) groups is 1. The lowest BCUT2D eigenvalue weighted by atomic mass is 10.0. The molecule has 0 amide bonds. The summed E-state index contributed by atoms with van der Waals surface area (Å²) in [5.41, 5.74) is 10.6. The van der Waals surface area contributed by atoms with Crippen molar-refractivity contribution in [2.75, 3.05) is 0 Å². The maximum absolute atomic E-state index is 13.3. The molecule has 2 aromatic heterocycles. The molecule has 0 spiro atoms. The van der Waals surface area contributed by atoms with Crippen LogP contribution in [0.15, 0.2) is 53.7 Å². The number of benzene rings is 2. The fourth-order valence-corrected chi connectivity index (χ4v) is 2.99. The average molecular weight is 320 g/mol. The number of fused-ring (bicyclic) bond motifs is 2. The van der Waals surface area contributed by atoms with Crippen LogP contribution in [0.2, 0.25) is 0 Å². The van der Waals surface area contributed by atoms with Crippen LogP contribution in [0.25, 0.3) is 32.9 Å². The van der Waals surface area contributed by atoms with Crippen LogP contribution < -0.4 is 5.73 Å². The van der Waals surface area contributed by atoms with Crippen LogP contribution in [0.5, 0.6) is 0 Å². The third kappa shape index (κ3) is 2.54. The summed E-state index contributed by atoms with van der Waals surface area (Å²) in [4.78, 5) is 10.7. The molecule has 0 atom stereocenters. The maximum atomic E-state index is 13.3. The molecule has 0 radical (unpaired) electrons. The molecule has 0 aliphatic heterocycles. The Morgan fingerprint density at radius 1 is 1.12 bits per heavy atom. The smallest absolute Gasteiger partial charge is 0.125 e. The Morgan fingerprint density at radius 2 is 2.00 bits per heavy atom. The van der Waals surface area contributed by atoms with E-state index in [1.54, 1.807) is 6.92 Å². The van der Waals surface area contributed by atoms with E-state index in [9.17, 15) is 4.39 Å². The first-order chi connectivity index (χ1) is 11.6. The zero-order chi connectivity index (χ0) is 16.7. The number of nitrogens with zero attached hydrogens (tertiary/aromatic N) is 1. The number of nitrogens with two attached hydrogens (primary N) is 1. The van der Waals surface area contributed by atoms with Crippen molar-refractivity contribution in [3.05, 3.63) is 60.2 Å². The second kappa shape index (κ2) is 5.53. The quantitative estimate of drug-likeness (QED) is 0.381. The van der Waals surface area contributed by atoms with Gasteiger partial charge in [-0.15, -0.1) is 0 Å². The van der Waals surface area contributed by atoms with Gasteiger partial charge in [0.05, 0.1) is 12.4 Å². The van der Waals surface area contributed by atoms with Crippen molar-refractivity contribution in [2.45, 2.75) is 13.5 Å². The van der Waals surface area contributed by atoms with E-state index >= 15 is 0 Å². The van der Waals surface area contributed by atoms with Gasteiger partial charge in [-0.1, -0.05) is 6.07 Å². The number of hydrogen-bond acceptors (Lipinski definition) is 1. The lowest BCUT2D eigenvalue weighted by Crippen LogP contribution is -2.05. The number of halogens is 1. The monoisotopic (exact) mass is 320 g/mol. The third-order valence-electron chi connectivity index (χ3n) is 4.13. The average Bonchev–Trinajstić information content (AvgIpc) is 3.14. The molecule has 0 saturated heterocycles. The summed E-state index contributed by atoms with van der Waals surface area (Å²) in [5.74, 6) is 0.331. The van der Waals surface area contributed by atoms with Crippen molar-refractivity contribution in [3.63, 3.8) is 0 Å². The summed E-state index contributed by atoms with van der Waals surface area (Å²) in [5, 5.41) is 2.12. The van der Waals surface area contributed by atoms with Crippen molar-refractivity contribution >= 4 is 27.6 Å². The van der Waals surface area contributed by atoms with Crippen LogP contribution in [0.3, 0.4) is 0 Å². The molecule has 2 heterocycles. The first kappa shape index (κ1) is 14.5. The van der Waals surface area contributed by atoms with Crippen LogP contribution in [0.4, 0.5) is 4.39 Å². The van der Waals surface area contributed by atoms with Gasteiger partial charge in [-0.3, -0.25) is 4.99 Å². The van der Waals surface area contributed by atoms with Gasteiger partial charge >= 0.3 is 0 Å². The Labute approximate surface area is 138 Å². The normalized spacial score (nSPS) is 12.3. The van der Waals surface area contributed by atoms with Crippen molar-refractivity contribution in [1.29, 1.82) is 0 Å². The first-order valence-corrected chi connectivity index (χ1v) is 7.75. The van der Waals surface area contributed by atoms with Gasteiger partial charge in [0.25, 0.3) is 0 Å². The largest absolute Gasteiger partial charge is 0.388 e. The molecule has 4 nitrogen and oxygen atoms in total. The molecular weight excluding hydrogens is 303 g/mol. The van der Waals surface area contributed by atoms with E-state index in [-0.39, 0.29) is 5.82 Å². The number of nitrogens with one attached hydrogen (secondary N) is 2. The molecule has 5 heteroatoms. The predicted molar refractivity (Wildman–Crippen MR) is 96.5 cm³/mol. The van der Waals surface area contributed by atoms with E-state index in [1.165, 1.54) is 12.1 Å². The van der Waals surface area contributed by atoms with Crippen LogP contribution in [-0.2, 0) is 6.54 Å². The molecule has 120 valence electrons. The topological polar surface area (TPSA) is 70.0 Å². The van der Waals surface area contributed by atoms with E-state index in [2.05, 4.69) is 39.2 Å². The van der Waals surface area contributed by atoms with Crippen LogP contribution in [-0.4, -0.2) is 15.8 Å². The second-order valence-corrected chi connectivity index (χ2v) is 5.95.